The molecule has 21 heavy (non-hydrogen) atoms. The average molecular weight is 308 g/mol. The first kappa shape index (κ1) is 15.5. The molecule has 0 radical (unpaired) electrons. The van der Waals surface area contributed by atoms with Gasteiger partial charge in [-0.05, 0) is 67.6 Å². The first-order valence-electron chi connectivity index (χ1n) is 8.47. The molecule has 4 heteroatoms. The van der Waals surface area contributed by atoms with Gasteiger partial charge in [-0.1, -0.05) is 6.92 Å². The Balaban J connectivity index is 1.55. The molecule has 0 aromatic carbocycles. The predicted molar refractivity (Wildman–Crippen MR) is 89.1 cm³/mol. The number of rotatable bonds is 7. The van der Waals surface area contributed by atoms with E-state index in [2.05, 4.69) is 34.0 Å². The van der Waals surface area contributed by atoms with Crippen LogP contribution in [0.2, 0.25) is 0 Å². The van der Waals surface area contributed by atoms with Crippen molar-refractivity contribution in [3.8, 4) is 0 Å². The van der Waals surface area contributed by atoms with Gasteiger partial charge in [0.25, 0.3) is 0 Å². The Hall–Kier alpha value is -0.420. The lowest BCUT2D eigenvalue weighted by Crippen LogP contribution is -2.54. The van der Waals surface area contributed by atoms with E-state index in [1.807, 2.05) is 0 Å². The molecule has 0 saturated carbocycles. The minimum Gasteiger partial charge on any atom is -0.374 e. The molecule has 118 valence electrons. The third kappa shape index (κ3) is 4.07. The zero-order valence-electron chi connectivity index (χ0n) is 13.1. The summed E-state index contributed by atoms with van der Waals surface area (Å²) in [6.45, 7) is 6.66. The van der Waals surface area contributed by atoms with Gasteiger partial charge < -0.3 is 10.1 Å². The third-order valence-electron chi connectivity index (χ3n) is 4.85. The van der Waals surface area contributed by atoms with Crippen molar-refractivity contribution >= 4 is 11.3 Å². The van der Waals surface area contributed by atoms with Crippen molar-refractivity contribution in [3.63, 3.8) is 0 Å². The summed E-state index contributed by atoms with van der Waals surface area (Å²) >= 11 is 1.80. The molecule has 1 aromatic rings. The van der Waals surface area contributed by atoms with Gasteiger partial charge in [0, 0.05) is 18.6 Å². The van der Waals surface area contributed by atoms with Crippen LogP contribution in [0.1, 0.15) is 38.2 Å². The maximum Gasteiger partial charge on any atom is 0.0855 e. The van der Waals surface area contributed by atoms with E-state index in [1.165, 1.54) is 37.8 Å². The van der Waals surface area contributed by atoms with E-state index in [0.29, 0.717) is 18.2 Å². The highest BCUT2D eigenvalue weighted by Crippen LogP contribution is 2.25. The van der Waals surface area contributed by atoms with Gasteiger partial charge in [0.15, 0.2) is 0 Å². The van der Waals surface area contributed by atoms with Crippen LogP contribution < -0.4 is 5.32 Å². The SMILES string of the molecule is CCCNC(CCc1ccsc1)C1CN2CCCC2CO1. The fourth-order valence-corrected chi connectivity index (χ4v) is 4.30. The normalized spacial score (nSPS) is 27.7. The Labute approximate surface area is 132 Å². The summed E-state index contributed by atoms with van der Waals surface area (Å²) in [7, 11) is 0. The molecule has 3 nitrogen and oxygen atoms in total. The number of ether oxygens (including phenoxy) is 1. The van der Waals surface area contributed by atoms with E-state index in [0.717, 1.165) is 26.1 Å². The summed E-state index contributed by atoms with van der Waals surface area (Å²) in [6, 6.07) is 3.44. The van der Waals surface area contributed by atoms with Crippen LogP contribution in [0.5, 0.6) is 0 Å². The molecule has 2 aliphatic heterocycles. The fraction of sp³-hybridized carbons (Fsp3) is 0.765. The van der Waals surface area contributed by atoms with Crippen LogP contribution >= 0.6 is 11.3 Å². The van der Waals surface area contributed by atoms with Crippen molar-refractivity contribution in [1.29, 1.82) is 0 Å². The molecule has 2 aliphatic rings. The number of fused-ring (bicyclic) bond motifs is 1. The van der Waals surface area contributed by atoms with Crippen LogP contribution in [-0.2, 0) is 11.2 Å². The molecular weight excluding hydrogens is 280 g/mol. The summed E-state index contributed by atoms with van der Waals surface area (Å²) in [5.74, 6) is 0. The summed E-state index contributed by atoms with van der Waals surface area (Å²) in [5, 5.41) is 8.18. The highest BCUT2D eigenvalue weighted by atomic mass is 32.1. The molecule has 3 heterocycles. The van der Waals surface area contributed by atoms with E-state index < -0.39 is 0 Å². The highest BCUT2D eigenvalue weighted by Gasteiger charge is 2.35. The number of thiophene rings is 1. The van der Waals surface area contributed by atoms with Crippen LogP contribution in [0.15, 0.2) is 16.8 Å². The molecule has 3 rings (SSSR count). The van der Waals surface area contributed by atoms with E-state index in [9.17, 15) is 0 Å². The topological polar surface area (TPSA) is 24.5 Å². The molecular formula is C17H28N2OS. The second kappa shape index (κ2) is 7.73. The molecule has 0 bridgehead atoms. The predicted octanol–water partition coefficient (Wildman–Crippen LogP) is 2.91. The Kier molecular flexibility index (Phi) is 5.69. The van der Waals surface area contributed by atoms with Gasteiger partial charge in [-0.2, -0.15) is 11.3 Å². The third-order valence-corrected chi connectivity index (χ3v) is 5.58. The molecule has 2 saturated heterocycles. The second-order valence-corrected chi connectivity index (χ2v) is 7.17. The molecule has 0 amide bonds. The Morgan fingerprint density at radius 2 is 2.48 bits per heavy atom. The van der Waals surface area contributed by atoms with Crippen molar-refractivity contribution in [3.05, 3.63) is 22.4 Å². The van der Waals surface area contributed by atoms with Crippen molar-refractivity contribution in [2.75, 3.05) is 26.2 Å². The molecule has 0 aliphatic carbocycles. The Morgan fingerprint density at radius 3 is 3.29 bits per heavy atom. The van der Waals surface area contributed by atoms with Gasteiger partial charge in [0.05, 0.1) is 12.7 Å². The Bertz CT molecular complexity index is 409. The van der Waals surface area contributed by atoms with Crippen LogP contribution in [0.4, 0.5) is 0 Å². The lowest BCUT2D eigenvalue weighted by atomic mass is 10.0. The lowest BCUT2D eigenvalue weighted by Gasteiger charge is -2.39. The average Bonchev–Trinajstić information content (AvgIpc) is 3.17. The van der Waals surface area contributed by atoms with Gasteiger partial charge in [0.2, 0.25) is 0 Å². The largest absolute Gasteiger partial charge is 0.374 e. The highest BCUT2D eigenvalue weighted by molar-refractivity contribution is 7.07. The summed E-state index contributed by atoms with van der Waals surface area (Å²) < 4.78 is 6.22. The van der Waals surface area contributed by atoms with Crippen LogP contribution in [0, 0.1) is 0 Å². The molecule has 3 atom stereocenters. The number of aryl methyl sites for hydroxylation is 1. The van der Waals surface area contributed by atoms with E-state index in [4.69, 9.17) is 4.74 Å². The molecule has 2 fully saturated rings. The summed E-state index contributed by atoms with van der Waals surface area (Å²) in [4.78, 5) is 2.65. The van der Waals surface area contributed by atoms with Crippen molar-refractivity contribution < 1.29 is 4.74 Å². The van der Waals surface area contributed by atoms with Gasteiger partial charge in [-0.3, -0.25) is 4.90 Å². The van der Waals surface area contributed by atoms with Crippen molar-refractivity contribution in [2.24, 2.45) is 0 Å². The standard InChI is InChI=1S/C17H28N2OS/c1-2-8-18-16(6-5-14-7-10-21-13-14)17-11-19-9-3-4-15(19)12-20-17/h7,10,13,15-18H,2-6,8-9,11-12H2,1H3. The smallest absolute Gasteiger partial charge is 0.0855 e. The zero-order valence-corrected chi connectivity index (χ0v) is 13.9. The quantitative estimate of drug-likeness (QED) is 0.838. The first-order valence-corrected chi connectivity index (χ1v) is 9.41. The van der Waals surface area contributed by atoms with Gasteiger partial charge in [-0.25, -0.2) is 0 Å². The van der Waals surface area contributed by atoms with Gasteiger partial charge in [0.1, 0.15) is 0 Å². The van der Waals surface area contributed by atoms with E-state index >= 15 is 0 Å². The second-order valence-electron chi connectivity index (χ2n) is 6.39. The number of nitrogens with zero attached hydrogens (tertiary/aromatic N) is 1. The van der Waals surface area contributed by atoms with E-state index in [1.54, 1.807) is 11.3 Å². The maximum absolute atomic E-state index is 6.22. The van der Waals surface area contributed by atoms with Crippen molar-refractivity contribution in [1.82, 2.24) is 10.2 Å². The molecule has 1 N–H and O–H groups in total. The molecule has 3 unspecified atom stereocenters. The minimum absolute atomic E-state index is 0.365. The monoisotopic (exact) mass is 308 g/mol. The van der Waals surface area contributed by atoms with Crippen LogP contribution in [-0.4, -0.2) is 49.3 Å². The van der Waals surface area contributed by atoms with Gasteiger partial charge >= 0.3 is 0 Å². The molecule has 0 spiro atoms. The first-order chi connectivity index (χ1) is 10.4. The number of hydrogen-bond acceptors (Lipinski definition) is 4. The zero-order chi connectivity index (χ0) is 14.5. The van der Waals surface area contributed by atoms with E-state index in [-0.39, 0.29) is 0 Å². The summed E-state index contributed by atoms with van der Waals surface area (Å²) in [5.41, 5.74) is 1.47. The minimum atomic E-state index is 0.365. The summed E-state index contributed by atoms with van der Waals surface area (Å²) in [6.07, 6.45) is 6.57. The number of nitrogens with one attached hydrogen (secondary N) is 1. The van der Waals surface area contributed by atoms with Gasteiger partial charge in [-0.15, -0.1) is 0 Å². The lowest BCUT2D eigenvalue weighted by molar-refractivity contribution is -0.0655. The molecule has 1 aromatic heterocycles. The van der Waals surface area contributed by atoms with Crippen LogP contribution in [0.25, 0.3) is 0 Å². The fourth-order valence-electron chi connectivity index (χ4n) is 3.59. The van der Waals surface area contributed by atoms with Crippen molar-refractivity contribution in [2.45, 2.75) is 57.2 Å². The number of hydrogen-bond donors (Lipinski definition) is 1. The Morgan fingerprint density at radius 1 is 1.52 bits per heavy atom. The number of morpholine rings is 1. The maximum atomic E-state index is 6.22. The van der Waals surface area contributed by atoms with Crippen LogP contribution in [0.3, 0.4) is 0 Å².